The van der Waals surface area contributed by atoms with Gasteiger partial charge in [-0.1, -0.05) is 11.8 Å². The number of carbonyl (C=O) groups excluding carboxylic acids is 2. The average molecular weight is 457 g/mol. The molecule has 3 aromatic rings. The van der Waals surface area contributed by atoms with Crippen molar-refractivity contribution in [3.63, 3.8) is 0 Å². The van der Waals surface area contributed by atoms with Crippen LogP contribution in [0, 0.1) is 11.3 Å². The fraction of sp³-hybridized carbons (Fsp3) is 0.350. The minimum Gasteiger partial charge on any atom is -0.459 e. The van der Waals surface area contributed by atoms with E-state index in [1.807, 2.05) is 0 Å². The number of hydrogen-bond donors (Lipinski definition) is 2. The minimum absolute atomic E-state index is 0.137. The average Bonchev–Trinajstić information content (AvgIpc) is 3.50. The van der Waals surface area contributed by atoms with E-state index in [1.165, 1.54) is 34.2 Å². The Bertz CT molecular complexity index is 1140. The van der Waals surface area contributed by atoms with Gasteiger partial charge in [-0.3, -0.25) is 9.59 Å². The summed E-state index contributed by atoms with van der Waals surface area (Å²) in [6, 6.07) is 5.47. The maximum absolute atomic E-state index is 12.5. The summed E-state index contributed by atoms with van der Waals surface area (Å²) in [4.78, 5) is 25.6. The summed E-state index contributed by atoms with van der Waals surface area (Å²) in [7, 11) is 1.77. The molecule has 2 N–H and O–H groups in total. The molecule has 0 saturated carbocycles. The van der Waals surface area contributed by atoms with Crippen molar-refractivity contribution in [3.05, 3.63) is 46.0 Å². The number of nitriles is 1. The fourth-order valence-corrected chi connectivity index (χ4v) is 5.33. The van der Waals surface area contributed by atoms with Gasteiger partial charge in [0.1, 0.15) is 11.1 Å². The van der Waals surface area contributed by atoms with Crippen molar-refractivity contribution in [2.75, 3.05) is 11.1 Å². The number of thiophene rings is 1. The third-order valence-corrected chi connectivity index (χ3v) is 7.17. The molecule has 3 aromatic heterocycles. The van der Waals surface area contributed by atoms with Crippen LogP contribution >= 0.6 is 23.1 Å². The van der Waals surface area contributed by atoms with Crippen molar-refractivity contribution >= 4 is 39.9 Å². The molecule has 0 unspecified atom stereocenters. The van der Waals surface area contributed by atoms with Crippen molar-refractivity contribution in [3.8, 4) is 6.07 Å². The fourth-order valence-electron chi connectivity index (χ4n) is 3.34. The molecule has 11 heteroatoms. The van der Waals surface area contributed by atoms with E-state index in [2.05, 4.69) is 26.9 Å². The second kappa shape index (κ2) is 9.36. The number of fused-ring (bicyclic) bond motifs is 1. The third-order valence-electron chi connectivity index (χ3n) is 4.95. The van der Waals surface area contributed by atoms with Crippen molar-refractivity contribution in [1.29, 1.82) is 5.26 Å². The number of nitrogens with one attached hydrogen (secondary N) is 2. The Morgan fingerprint density at radius 3 is 2.97 bits per heavy atom. The van der Waals surface area contributed by atoms with E-state index in [-0.39, 0.29) is 29.9 Å². The molecular weight excluding hydrogens is 436 g/mol. The first-order valence-corrected chi connectivity index (χ1v) is 11.5. The molecule has 1 aliphatic carbocycles. The smallest absolute Gasteiger partial charge is 0.287 e. The summed E-state index contributed by atoms with van der Waals surface area (Å²) in [5, 5.41) is 24.5. The summed E-state index contributed by atoms with van der Waals surface area (Å²) in [5.41, 5.74) is 1.70. The molecule has 2 amide bonds. The maximum Gasteiger partial charge on any atom is 0.287 e. The van der Waals surface area contributed by atoms with Crippen LogP contribution in [0.2, 0.25) is 0 Å². The first-order chi connectivity index (χ1) is 15.1. The molecule has 9 nitrogen and oxygen atoms in total. The molecule has 0 fully saturated rings. The van der Waals surface area contributed by atoms with Crippen LogP contribution in [0.3, 0.4) is 0 Å². The number of furan rings is 1. The minimum atomic E-state index is -0.339. The van der Waals surface area contributed by atoms with Gasteiger partial charge in [-0.05, 0) is 43.4 Å². The Hall–Kier alpha value is -3.10. The predicted octanol–water partition coefficient (Wildman–Crippen LogP) is 2.88. The highest BCUT2D eigenvalue weighted by Crippen LogP contribution is 2.37. The SMILES string of the molecule is Cn1c(CNC(=O)c2ccco2)nnc1SCC(=O)Nc1sc2c(c1C#N)CCCC2. The first kappa shape index (κ1) is 21.1. The lowest BCUT2D eigenvalue weighted by atomic mass is 9.96. The molecule has 0 bridgehead atoms. The van der Waals surface area contributed by atoms with E-state index in [0.29, 0.717) is 21.5 Å². The van der Waals surface area contributed by atoms with Crippen LogP contribution in [-0.2, 0) is 31.2 Å². The molecule has 4 rings (SSSR count). The van der Waals surface area contributed by atoms with Crippen LogP contribution in [0.15, 0.2) is 28.0 Å². The number of nitrogens with zero attached hydrogens (tertiary/aromatic N) is 4. The molecule has 1 aliphatic rings. The predicted molar refractivity (Wildman–Crippen MR) is 116 cm³/mol. The van der Waals surface area contributed by atoms with Gasteiger partial charge >= 0.3 is 0 Å². The summed E-state index contributed by atoms with van der Waals surface area (Å²) in [5.74, 6) is 0.378. The van der Waals surface area contributed by atoms with Gasteiger partial charge in [0.15, 0.2) is 16.7 Å². The van der Waals surface area contributed by atoms with Crippen LogP contribution in [0.4, 0.5) is 5.00 Å². The van der Waals surface area contributed by atoms with Gasteiger partial charge in [0, 0.05) is 11.9 Å². The van der Waals surface area contributed by atoms with Crippen molar-refractivity contribution in [1.82, 2.24) is 20.1 Å². The second-order valence-electron chi connectivity index (χ2n) is 6.98. The molecule has 0 spiro atoms. The molecule has 0 aliphatic heterocycles. The van der Waals surface area contributed by atoms with E-state index in [9.17, 15) is 14.9 Å². The van der Waals surface area contributed by atoms with Gasteiger partial charge in [0.25, 0.3) is 5.91 Å². The molecule has 0 radical (unpaired) electrons. The lowest BCUT2D eigenvalue weighted by molar-refractivity contribution is -0.113. The highest BCUT2D eigenvalue weighted by Gasteiger charge is 2.22. The quantitative estimate of drug-likeness (QED) is 0.524. The van der Waals surface area contributed by atoms with E-state index < -0.39 is 0 Å². The number of thioether (sulfide) groups is 1. The topological polar surface area (TPSA) is 126 Å². The van der Waals surface area contributed by atoms with Gasteiger partial charge in [0.05, 0.1) is 24.1 Å². The van der Waals surface area contributed by atoms with Crippen LogP contribution < -0.4 is 10.6 Å². The van der Waals surface area contributed by atoms with E-state index in [4.69, 9.17) is 4.42 Å². The summed E-state index contributed by atoms with van der Waals surface area (Å²) in [6.45, 7) is 0.183. The largest absolute Gasteiger partial charge is 0.459 e. The zero-order valence-corrected chi connectivity index (χ0v) is 18.4. The van der Waals surface area contributed by atoms with Gasteiger partial charge in [-0.2, -0.15) is 5.26 Å². The normalized spacial score (nSPS) is 12.8. The maximum atomic E-state index is 12.5. The van der Waals surface area contributed by atoms with Crippen molar-refractivity contribution in [2.45, 2.75) is 37.4 Å². The number of carbonyl (C=O) groups is 2. The molecular formula is C20H20N6O3S2. The lowest BCUT2D eigenvalue weighted by Crippen LogP contribution is -2.24. The van der Waals surface area contributed by atoms with Crippen molar-refractivity contribution in [2.24, 2.45) is 7.05 Å². The van der Waals surface area contributed by atoms with Gasteiger partial charge in [-0.25, -0.2) is 0 Å². The number of rotatable bonds is 7. The Labute approximate surface area is 186 Å². The molecule has 0 aromatic carbocycles. The Morgan fingerprint density at radius 2 is 2.19 bits per heavy atom. The van der Waals surface area contributed by atoms with Gasteiger partial charge < -0.3 is 19.6 Å². The summed E-state index contributed by atoms with van der Waals surface area (Å²) >= 11 is 2.75. The summed E-state index contributed by atoms with van der Waals surface area (Å²) in [6.07, 6.45) is 5.51. The van der Waals surface area contributed by atoms with E-state index >= 15 is 0 Å². The second-order valence-corrected chi connectivity index (χ2v) is 9.03. The van der Waals surface area contributed by atoms with Crippen LogP contribution in [0.5, 0.6) is 0 Å². The number of hydrogen-bond acceptors (Lipinski definition) is 8. The van der Waals surface area contributed by atoms with Gasteiger partial charge in [-0.15, -0.1) is 21.5 Å². The Kier molecular flexibility index (Phi) is 6.39. The number of amides is 2. The molecule has 0 saturated heterocycles. The molecule has 160 valence electrons. The molecule has 31 heavy (non-hydrogen) atoms. The van der Waals surface area contributed by atoms with Crippen molar-refractivity contribution < 1.29 is 14.0 Å². The highest BCUT2D eigenvalue weighted by atomic mass is 32.2. The van der Waals surface area contributed by atoms with Gasteiger partial charge in [0.2, 0.25) is 5.91 Å². The Balaban J connectivity index is 1.32. The molecule has 0 atom stereocenters. The number of aryl methyl sites for hydroxylation is 1. The first-order valence-electron chi connectivity index (χ1n) is 9.74. The zero-order chi connectivity index (χ0) is 21.8. The van der Waals surface area contributed by atoms with Crippen LogP contribution in [-0.4, -0.2) is 32.3 Å². The zero-order valence-electron chi connectivity index (χ0n) is 16.8. The van der Waals surface area contributed by atoms with Crippen LogP contribution in [0.1, 0.15) is 45.2 Å². The van der Waals surface area contributed by atoms with E-state index in [1.54, 1.807) is 23.7 Å². The highest BCUT2D eigenvalue weighted by molar-refractivity contribution is 7.99. The standard InChI is InChI=1S/C20H20N6O3S2/c1-26-16(10-22-18(28)14-6-4-8-29-14)24-25-20(26)30-11-17(27)23-19-13(9-21)12-5-2-3-7-15(12)31-19/h4,6,8H,2-3,5,7,10-11H2,1H3,(H,22,28)(H,23,27). The Morgan fingerprint density at radius 1 is 1.35 bits per heavy atom. The third kappa shape index (κ3) is 4.65. The van der Waals surface area contributed by atoms with Crippen LogP contribution in [0.25, 0.3) is 0 Å². The lowest BCUT2D eigenvalue weighted by Gasteiger charge is -2.09. The monoisotopic (exact) mass is 456 g/mol. The number of anilines is 1. The van der Waals surface area contributed by atoms with E-state index in [0.717, 1.165) is 31.2 Å². The number of aromatic nitrogens is 3. The molecule has 3 heterocycles. The summed E-state index contributed by atoms with van der Waals surface area (Å²) < 4.78 is 6.78.